The lowest BCUT2D eigenvalue weighted by Crippen LogP contribution is -2.30. The van der Waals surface area contributed by atoms with Crippen molar-refractivity contribution in [3.63, 3.8) is 0 Å². The Bertz CT molecular complexity index is 671. The van der Waals surface area contributed by atoms with E-state index in [0.29, 0.717) is 22.6 Å². The summed E-state index contributed by atoms with van der Waals surface area (Å²) in [4.78, 5) is 11.4. The van der Waals surface area contributed by atoms with Crippen LogP contribution in [-0.2, 0) is 6.61 Å². The number of nitrogen functional groups attached to an aromatic ring is 1. The highest BCUT2D eigenvalue weighted by Crippen LogP contribution is 2.20. The maximum absolute atomic E-state index is 11.4. The smallest absolute Gasteiger partial charge is 0.301 e. The molecule has 2 aromatic rings. The van der Waals surface area contributed by atoms with Gasteiger partial charge < -0.3 is 9.15 Å². The zero-order valence-corrected chi connectivity index (χ0v) is 10.8. The highest BCUT2D eigenvalue weighted by atomic mass is 16.5. The van der Waals surface area contributed by atoms with Crippen molar-refractivity contribution in [2.45, 2.75) is 13.5 Å². The van der Waals surface area contributed by atoms with Crippen LogP contribution in [0.25, 0.3) is 0 Å². The first kappa shape index (κ1) is 13.6. The number of benzene rings is 1. The number of furan rings is 1. The Kier molecular flexibility index (Phi) is 4.03. The Labute approximate surface area is 115 Å². The van der Waals surface area contributed by atoms with Gasteiger partial charge in [-0.25, -0.2) is 5.84 Å². The number of hydrazine groups is 1. The van der Waals surface area contributed by atoms with Gasteiger partial charge in [0.25, 0.3) is 0 Å². The average Bonchev–Trinajstić information content (AvgIpc) is 2.85. The summed E-state index contributed by atoms with van der Waals surface area (Å²) in [6.07, 6.45) is 0. The van der Waals surface area contributed by atoms with Gasteiger partial charge in [-0.1, -0.05) is 12.1 Å². The van der Waals surface area contributed by atoms with E-state index >= 15 is 0 Å². The fourth-order valence-electron chi connectivity index (χ4n) is 1.74. The molecule has 1 heterocycles. The minimum absolute atomic E-state index is 0.122. The number of amides is 1. The van der Waals surface area contributed by atoms with Crippen LogP contribution in [0, 0.1) is 18.3 Å². The van der Waals surface area contributed by atoms with Crippen LogP contribution in [0.15, 0.2) is 34.7 Å². The lowest BCUT2D eigenvalue weighted by atomic mass is 10.2. The molecular formula is C14H13N3O3. The van der Waals surface area contributed by atoms with E-state index in [1.807, 2.05) is 11.5 Å². The van der Waals surface area contributed by atoms with Gasteiger partial charge in [0.15, 0.2) is 5.76 Å². The molecule has 1 amide bonds. The van der Waals surface area contributed by atoms with E-state index in [-0.39, 0.29) is 12.4 Å². The van der Waals surface area contributed by atoms with E-state index in [4.69, 9.17) is 20.3 Å². The molecule has 0 unspecified atom stereocenters. The summed E-state index contributed by atoms with van der Waals surface area (Å²) in [6.45, 7) is 1.86. The largest absolute Gasteiger partial charge is 0.484 e. The van der Waals surface area contributed by atoms with Gasteiger partial charge >= 0.3 is 5.91 Å². The third-order valence-corrected chi connectivity index (χ3v) is 2.68. The SMILES string of the molecule is Cc1cc(COc2ccccc2C#N)oc1C(=O)NN. The van der Waals surface area contributed by atoms with Gasteiger partial charge in [-0.05, 0) is 25.1 Å². The van der Waals surface area contributed by atoms with Crippen molar-refractivity contribution in [1.29, 1.82) is 5.26 Å². The van der Waals surface area contributed by atoms with Crippen LogP contribution in [0.2, 0.25) is 0 Å². The van der Waals surface area contributed by atoms with E-state index < -0.39 is 5.91 Å². The number of ether oxygens (including phenoxy) is 1. The Hall–Kier alpha value is -2.78. The van der Waals surface area contributed by atoms with Gasteiger partial charge in [-0.3, -0.25) is 10.2 Å². The molecular weight excluding hydrogens is 258 g/mol. The molecule has 0 bridgehead atoms. The van der Waals surface area contributed by atoms with Crippen LogP contribution < -0.4 is 16.0 Å². The Morgan fingerprint density at radius 2 is 2.25 bits per heavy atom. The molecule has 0 aliphatic heterocycles. The highest BCUT2D eigenvalue weighted by Gasteiger charge is 2.15. The van der Waals surface area contributed by atoms with Gasteiger partial charge in [0.05, 0.1) is 5.56 Å². The summed E-state index contributed by atoms with van der Waals surface area (Å²) in [5, 5.41) is 8.95. The summed E-state index contributed by atoms with van der Waals surface area (Å²) in [7, 11) is 0. The van der Waals surface area contributed by atoms with Gasteiger partial charge in [0.1, 0.15) is 24.2 Å². The fraction of sp³-hybridized carbons (Fsp3) is 0.143. The number of hydrogen-bond acceptors (Lipinski definition) is 5. The number of para-hydroxylation sites is 1. The lowest BCUT2D eigenvalue weighted by Gasteiger charge is -2.05. The first-order chi connectivity index (χ1) is 9.65. The van der Waals surface area contributed by atoms with Crippen molar-refractivity contribution in [1.82, 2.24) is 5.43 Å². The van der Waals surface area contributed by atoms with Crippen molar-refractivity contribution in [3.05, 3.63) is 53.0 Å². The average molecular weight is 271 g/mol. The second-order valence-corrected chi connectivity index (χ2v) is 4.09. The molecule has 6 nitrogen and oxygen atoms in total. The standard InChI is InChI=1S/C14H13N3O3/c1-9-6-11(20-13(9)14(18)17-16)8-19-12-5-3-2-4-10(12)7-15/h2-6H,8,16H2,1H3,(H,17,18). The van der Waals surface area contributed by atoms with Crippen molar-refractivity contribution < 1.29 is 13.9 Å². The van der Waals surface area contributed by atoms with Gasteiger partial charge in [-0.15, -0.1) is 0 Å². The number of carbonyl (C=O) groups excluding carboxylic acids is 1. The summed E-state index contributed by atoms with van der Waals surface area (Å²) >= 11 is 0. The molecule has 1 aromatic carbocycles. The molecule has 0 fully saturated rings. The number of nitrogens with zero attached hydrogens (tertiary/aromatic N) is 1. The summed E-state index contributed by atoms with van der Waals surface area (Å²) in [6, 6.07) is 10.6. The molecule has 20 heavy (non-hydrogen) atoms. The van der Waals surface area contributed by atoms with E-state index in [9.17, 15) is 4.79 Å². The summed E-state index contributed by atoms with van der Waals surface area (Å²) in [5.41, 5.74) is 3.12. The molecule has 0 saturated heterocycles. The van der Waals surface area contributed by atoms with Crippen LogP contribution in [0.1, 0.15) is 27.4 Å². The van der Waals surface area contributed by atoms with Crippen molar-refractivity contribution in [2.75, 3.05) is 0 Å². The van der Waals surface area contributed by atoms with E-state index in [1.54, 1.807) is 37.3 Å². The first-order valence-electron chi connectivity index (χ1n) is 5.88. The molecule has 0 aliphatic carbocycles. The molecule has 0 spiro atoms. The number of nitrogens with one attached hydrogen (secondary N) is 1. The van der Waals surface area contributed by atoms with Crippen LogP contribution in [0.3, 0.4) is 0 Å². The topological polar surface area (TPSA) is 101 Å². The van der Waals surface area contributed by atoms with Crippen LogP contribution in [-0.4, -0.2) is 5.91 Å². The van der Waals surface area contributed by atoms with Crippen molar-refractivity contribution in [2.24, 2.45) is 5.84 Å². The van der Waals surface area contributed by atoms with E-state index in [0.717, 1.165) is 0 Å². The van der Waals surface area contributed by atoms with Crippen LogP contribution >= 0.6 is 0 Å². The number of rotatable bonds is 4. The predicted octanol–water partition coefficient (Wildman–Crippen LogP) is 1.64. The van der Waals surface area contributed by atoms with Crippen LogP contribution in [0.4, 0.5) is 0 Å². The second-order valence-electron chi connectivity index (χ2n) is 4.09. The van der Waals surface area contributed by atoms with Crippen LogP contribution in [0.5, 0.6) is 5.75 Å². The first-order valence-corrected chi connectivity index (χ1v) is 5.88. The molecule has 0 aliphatic rings. The van der Waals surface area contributed by atoms with Gasteiger partial charge in [-0.2, -0.15) is 5.26 Å². The molecule has 0 atom stereocenters. The molecule has 3 N–H and O–H groups in total. The minimum Gasteiger partial charge on any atom is -0.484 e. The number of nitrogens with two attached hydrogens (primary N) is 1. The summed E-state index contributed by atoms with van der Waals surface area (Å²) in [5.74, 6) is 5.66. The third-order valence-electron chi connectivity index (χ3n) is 2.68. The maximum atomic E-state index is 11.4. The number of carbonyl (C=O) groups is 1. The predicted molar refractivity (Wildman–Crippen MR) is 70.6 cm³/mol. The number of hydrogen-bond donors (Lipinski definition) is 2. The van der Waals surface area contributed by atoms with E-state index in [1.165, 1.54) is 0 Å². The second kappa shape index (κ2) is 5.91. The van der Waals surface area contributed by atoms with Crippen molar-refractivity contribution >= 4 is 5.91 Å². The molecule has 102 valence electrons. The highest BCUT2D eigenvalue weighted by molar-refractivity contribution is 5.92. The quantitative estimate of drug-likeness (QED) is 0.500. The normalized spacial score (nSPS) is 9.85. The summed E-state index contributed by atoms with van der Waals surface area (Å²) < 4.78 is 10.9. The van der Waals surface area contributed by atoms with Gasteiger partial charge in [0.2, 0.25) is 0 Å². The lowest BCUT2D eigenvalue weighted by molar-refractivity contribution is 0.0921. The Balaban J connectivity index is 2.12. The molecule has 1 aromatic heterocycles. The van der Waals surface area contributed by atoms with Gasteiger partial charge in [0, 0.05) is 5.56 Å². The molecule has 6 heteroatoms. The number of nitriles is 1. The Morgan fingerprint density at radius 3 is 2.95 bits per heavy atom. The zero-order valence-electron chi connectivity index (χ0n) is 10.8. The Morgan fingerprint density at radius 1 is 1.50 bits per heavy atom. The third kappa shape index (κ3) is 2.79. The maximum Gasteiger partial charge on any atom is 0.301 e. The zero-order chi connectivity index (χ0) is 14.5. The molecule has 2 rings (SSSR count). The molecule has 0 radical (unpaired) electrons. The minimum atomic E-state index is -0.494. The fourth-order valence-corrected chi connectivity index (χ4v) is 1.74. The van der Waals surface area contributed by atoms with Crippen molar-refractivity contribution in [3.8, 4) is 11.8 Å². The number of aryl methyl sites for hydroxylation is 1. The monoisotopic (exact) mass is 271 g/mol. The molecule has 0 saturated carbocycles. The van der Waals surface area contributed by atoms with E-state index in [2.05, 4.69) is 0 Å².